The number of nitrogens with zero attached hydrogens (tertiary/aromatic N) is 1. The molecule has 0 aliphatic rings. The zero-order valence-corrected chi connectivity index (χ0v) is 12.1. The zero-order chi connectivity index (χ0) is 11.9. The predicted octanol–water partition coefficient (Wildman–Crippen LogP) is 2.90. The van der Waals surface area contributed by atoms with Crippen LogP contribution in [0, 0.1) is 0 Å². The average molecular weight is 369 g/mol. The summed E-state index contributed by atoms with van der Waals surface area (Å²) in [5.41, 5.74) is 0.583. The van der Waals surface area contributed by atoms with E-state index in [1.165, 1.54) is 10.2 Å². The molecule has 0 bridgehead atoms. The Morgan fingerprint density at radius 3 is 2.62 bits per heavy atom. The first-order chi connectivity index (χ1) is 7.43. The third-order valence-corrected chi connectivity index (χ3v) is 4.15. The molecule has 1 heterocycles. The molecule has 2 aromatic rings. The van der Waals surface area contributed by atoms with E-state index in [2.05, 4.69) is 32.2 Å². The van der Waals surface area contributed by atoms with E-state index in [0.29, 0.717) is 11.3 Å². The highest BCUT2D eigenvalue weighted by atomic mass is 79.9. The summed E-state index contributed by atoms with van der Waals surface area (Å²) in [6, 6.07) is 5.18. The standard InChI is InChI=1S/C9H7Br2NO3S/c1-16(13,14)12-3-2-6-4-7(10)9(15-11)5-8(6)12/h2-5H,1H3. The van der Waals surface area contributed by atoms with Gasteiger partial charge in [0.25, 0.3) is 0 Å². The molecule has 0 spiro atoms. The van der Waals surface area contributed by atoms with Gasteiger partial charge in [0.1, 0.15) is 0 Å². The summed E-state index contributed by atoms with van der Waals surface area (Å²) < 4.78 is 29.9. The van der Waals surface area contributed by atoms with E-state index < -0.39 is 10.0 Å². The van der Waals surface area contributed by atoms with Crippen LogP contribution in [0.1, 0.15) is 0 Å². The fourth-order valence-electron chi connectivity index (χ4n) is 1.46. The Morgan fingerprint density at radius 2 is 2.06 bits per heavy atom. The van der Waals surface area contributed by atoms with Crippen molar-refractivity contribution in [3.8, 4) is 5.75 Å². The first kappa shape index (κ1) is 11.9. The van der Waals surface area contributed by atoms with E-state index in [-0.39, 0.29) is 0 Å². The van der Waals surface area contributed by atoms with Gasteiger partial charge in [-0.25, -0.2) is 12.4 Å². The highest BCUT2D eigenvalue weighted by Gasteiger charge is 2.12. The molecule has 7 heteroatoms. The molecule has 0 amide bonds. The smallest absolute Gasteiger partial charge is 0.236 e. The number of rotatable bonds is 2. The van der Waals surface area contributed by atoms with Crippen LogP contribution in [0.2, 0.25) is 0 Å². The lowest BCUT2D eigenvalue weighted by atomic mass is 10.2. The van der Waals surface area contributed by atoms with Gasteiger partial charge in [-0.05, 0) is 28.1 Å². The molecule has 4 nitrogen and oxygen atoms in total. The van der Waals surface area contributed by atoms with Gasteiger partial charge in [0, 0.05) is 17.6 Å². The van der Waals surface area contributed by atoms with Gasteiger partial charge < -0.3 is 3.83 Å². The van der Waals surface area contributed by atoms with E-state index in [4.69, 9.17) is 3.83 Å². The van der Waals surface area contributed by atoms with Crippen LogP contribution in [0.25, 0.3) is 10.9 Å². The van der Waals surface area contributed by atoms with E-state index in [0.717, 1.165) is 16.1 Å². The number of benzene rings is 1. The monoisotopic (exact) mass is 367 g/mol. The molecule has 0 unspecified atom stereocenters. The largest absolute Gasteiger partial charge is 0.417 e. The van der Waals surface area contributed by atoms with Gasteiger partial charge in [0.05, 0.1) is 16.2 Å². The molecule has 0 aliphatic carbocycles. The fraction of sp³-hybridized carbons (Fsp3) is 0.111. The van der Waals surface area contributed by atoms with E-state index >= 15 is 0 Å². The number of hydrogen-bond donors (Lipinski definition) is 0. The molecular formula is C9H7Br2NO3S. The lowest BCUT2D eigenvalue weighted by molar-refractivity contribution is 0.595. The topological polar surface area (TPSA) is 48.3 Å². The average Bonchev–Trinajstić information content (AvgIpc) is 2.58. The SMILES string of the molecule is CS(=O)(=O)n1ccc2cc(Br)c(OBr)cc21. The first-order valence-electron chi connectivity index (χ1n) is 4.23. The number of fused-ring (bicyclic) bond motifs is 1. The third kappa shape index (κ3) is 1.99. The van der Waals surface area contributed by atoms with Crippen LogP contribution in [0.15, 0.2) is 28.9 Å². The Morgan fingerprint density at radius 1 is 1.38 bits per heavy atom. The lowest BCUT2D eigenvalue weighted by Gasteiger charge is -2.04. The highest BCUT2D eigenvalue weighted by molar-refractivity contribution is 9.10. The van der Waals surface area contributed by atoms with Crippen molar-refractivity contribution in [2.45, 2.75) is 0 Å². The highest BCUT2D eigenvalue weighted by Crippen LogP contribution is 2.32. The van der Waals surface area contributed by atoms with Crippen molar-refractivity contribution < 1.29 is 12.2 Å². The molecule has 16 heavy (non-hydrogen) atoms. The maximum absolute atomic E-state index is 11.5. The number of hydrogen-bond acceptors (Lipinski definition) is 3. The van der Waals surface area contributed by atoms with Crippen molar-refractivity contribution in [3.05, 3.63) is 28.9 Å². The first-order valence-corrected chi connectivity index (χ1v) is 7.52. The van der Waals surface area contributed by atoms with Crippen molar-refractivity contribution >= 4 is 53.1 Å². The summed E-state index contributed by atoms with van der Waals surface area (Å²) >= 11 is 6.19. The van der Waals surface area contributed by atoms with E-state index in [9.17, 15) is 8.42 Å². The summed E-state index contributed by atoms with van der Waals surface area (Å²) in [6.07, 6.45) is 2.67. The van der Waals surface area contributed by atoms with Gasteiger partial charge >= 0.3 is 0 Å². The van der Waals surface area contributed by atoms with Crippen molar-refractivity contribution in [1.82, 2.24) is 3.97 Å². The number of halogens is 2. The summed E-state index contributed by atoms with van der Waals surface area (Å²) in [4.78, 5) is 0. The van der Waals surface area contributed by atoms with Crippen LogP contribution in [0.4, 0.5) is 0 Å². The summed E-state index contributed by atoms with van der Waals surface area (Å²) in [6.45, 7) is 0. The number of aromatic nitrogens is 1. The van der Waals surface area contributed by atoms with Crippen LogP contribution in [0.3, 0.4) is 0 Å². The minimum atomic E-state index is -3.29. The second-order valence-electron chi connectivity index (χ2n) is 3.29. The maximum atomic E-state index is 11.5. The normalized spacial score (nSPS) is 11.9. The molecule has 86 valence electrons. The van der Waals surface area contributed by atoms with Crippen LogP contribution < -0.4 is 3.83 Å². The van der Waals surface area contributed by atoms with Crippen molar-refractivity contribution in [2.75, 3.05) is 6.26 Å². The van der Waals surface area contributed by atoms with Crippen LogP contribution >= 0.6 is 32.2 Å². The molecule has 0 aliphatic heterocycles. The molecule has 0 fully saturated rings. The summed E-state index contributed by atoms with van der Waals surface area (Å²) in [5, 5.41) is 0.825. The van der Waals surface area contributed by atoms with Gasteiger partial charge in [-0.15, -0.1) is 0 Å². The molecule has 2 rings (SSSR count). The molecule has 0 saturated carbocycles. The molecule has 0 saturated heterocycles. The van der Waals surface area contributed by atoms with Crippen LogP contribution in [0.5, 0.6) is 5.75 Å². The third-order valence-electron chi connectivity index (χ3n) is 2.15. The Kier molecular flexibility index (Phi) is 3.02. The van der Waals surface area contributed by atoms with Gasteiger partial charge in [-0.2, -0.15) is 0 Å². The minimum absolute atomic E-state index is 0.524. The molecule has 0 N–H and O–H groups in total. The second kappa shape index (κ2) is 4.05. The van der Waals surface area contributed by atoms with Crippen molar-refractivity contribution in [2.24, 2.45) is 0 Å². The van der Waals surface area contributed by atoms with Crippen molar-refractivity contribution in [1.29, 1.82) is 0 Å². The van der Waals surface area contributed by atoms with Crippen LogP contribution in [-0.4, -0.2) is 18.6 Å². The Labute approximate surface area is 110 Å². The molecular weight excluding hydrogens is 362 g/mol. The van der Waals surface area contributed by atoms with E-state index in [1.54, 1.807) is 18.2 Å². The Bertz CT molecular complexity index is 648. The predicted molar refractivity (Wildman–Crippen MR) is 69.4 cm³/mol. The summed E-state index contributed by atoms with van der Waals surface area (Å²) in [5.74, 6) is 0.524. The zero-order valence-electron chi connectivity index (χ0n) is 8.15. The summed E-state index contributed by atoms with van der Waals surface area (Å²) in [7, 11) is -3.29. The molecule has 1 aromatic carbocycles. The van der Waals surface area contributed by atoms with Gasteiger partial charge in [0.2, 0.25) is 10.0 Å². The molecule has 0 atom stereocenters. The Balaban J connectivity index is 2.82. The van der Waals surface area contributed by atoms with Gasteiger partial charge in [0.15, 0.2) is 22.0 Å². The maximum Gasteiger partial charge on any atom is 0.236 e. The van der Waals surface area contributed by atoms with E-state index in [1.807, 2.05) is 0 Å². The minimum Gasteiger partial charge on any atom is -0.417 e. The fourth-order valence-corrected chi connectivity index (χ4v) is 3.18. The molecule has 1 aromatic heterocycles. The van der Waals surface area contributed by atoms with Crippen molar-refractivity contribution in [3.63, 3.8) is 0 Å². The second-order valence-corrected chi connectivity index (χ2v) is 6.33. The quantitative estimate of drug-likeness (QED) is 0.818. The van der Waals surface area contributed by atoms with Gasteiger partial charge in [-0.3, -0.25) is 0 Å². The van der Waals surface area contributed by atoms with Gasteiger partial charge in [-0.1, -0.05) is 0 Å². The Hall–Kier alpha value is -0.530. The molecule has 0 radical (unpaired) electrons. The lowest BCUT2D eigenvalue weighted by Crippen LogP contribution is -2.07. The van der Waals surface area contributed by atoms with Crippen LogP contribution in [-0.2, 0) is 10.0 Å².